The highest BCUT2D eigenvalue weighted by Crippen LogP contribution is 2.28. The van der Waals surface area contributed by atoms with Crippen LogP contribution >= 0.6 is 0 Å². The predicted octanol–water partition coefficient (Wildman–Crippen LogP) is 2.35. The van der Waals surface area contributed by atoms with E-state index in [-0.39, 0.29) is 25.3 Å². The van der Waals surface area contributed by atoms with E-state index in [0.717, 1.165) is 10.5 Å². The van der Waals surface area contributed by atoms with Crippen molar-refractivity contribution in [3.8, 4) is 0 Å². The van der Waals surface area contributed by atoms with Crippen molar-refractivity contribution in [1.82, 2.24) is 14.5 Å². The molecule has 1 atom stereocenters. The highest BCUT2D eigenvalue weighted by molar-refractivity contribution is 6.13. The van der Waals surface area contributed by atoms with Crippen molar-refractivity contribution in [2.24, 2.45) is 0 Å². The minimum atomic E-state index is -0.939. The number of rotatable bonds is 8. The summed E-state index contributed by atoms with van der Waals surface area (Å²) in [4.78, 5) is 52.4. The molecule has 32 heavy (non-hydrogen) atoms. The van der Waals surface area contributed by atoms with Crippen molar-refractivity contribution in [3.05, 3.63) is 72.6 Å². The lowest BCUT2D eigenvalue weighted by molar-refractivity contribution is -0.138. The minimum Gasteiger partial charge on any atom is -0.481 e. The molecule has 0 saturated carbocycles. The first kappa shape index (κ1) is 21.0. The number of anilines is 1. The average Bonchev–Trinajstić information content (AvgIpc) is 3.33. The zero-order valence-corrected chi connectivity index (χ0v) is 17.0. The van der Waals surface area contributed by atoms with Gasteiger partial charge in [-0.2, -0.15) is 0 Å². The number of benzene rings is 2. The van der Waals surface area contributed by atoms with Gasteiger partial charge in [0.2, 0.25) is 5.91 Å². The summed E-state index contributed by atoms with van der Waals surface area (Å²) in [6, 6.07) is 14.0. The Morgan fingerprint density at radius 2 is 1.75 bits per heavy atom. The number of hydrogen-bond acceptors (Lipinski definition) is 5. The second kappa shape index (κ2) is 8.84. The molecule has 3 aromatic rings. The largest absolute Gasteiger partial charge is 0.481 e. The van der Waals surface area contributed by atoms with Crippen LogP contribution in [0.1, 0.15) is 24.4 Å². The number of aromatic nitrogens is 2. The Morgan fingerprint density at radius 1 is 1.03 bits per heavy atom. The molecule has 1 aliphatic heterocycles. The number of carbonyl (C=O) groups is 4. The van der Waals surface area contributed by atoms with Crippen LogP contribution in [0, 0.1) is 0 Å². The maximum atomic E-state index is 12.4. The summed E-state index contributed by atoms with van der Waals surface area (Å²) >= 11 is 0. The molecular formula is C23H20N4O5. The lowest BCUT2D eigenvalue weighted by atomic mass is 10.0. The summed E-state index contributed by atoms with van der Waals surface area (Å²) in [6.45, 7) is -0.00856. The normalized spacial score (nSPS) is 14.2. The van der Waals surface area contributed by atoms with Gasteiger partial charge in [-0.1, -0.05) is 30.3 Å². The summed E-state index contributed by atoms with van der Waals surface area (Å²) in [5.41, 5.74) is 2.67. The molecule has 3 amide bonds. The lowest BCUT2D eigenvalue weighted by Gasteiger charge is -2.18. The van der Waals surface area contributed by atoms with Gasteiger partial charge in [0.15, 0.2) is 0 Å². The third-order valence-corrected chi connectivity index (χ3v) is 5.21. The van der Waals surface area contributed by atoms with Crippen LogP contribution in [-0.4, -0.2) is 49.8 Å². The molecule has 0 radical (unpaired) electrons. The Hall–Kier alpha value is -4.27. The van der Waals surface area contributed by atoms with Gasteiger partial charge < -0.3 is 15.0 Å². The summed E-state index contributed by atoms with van der Waals surface area (Å²) < 4.78 is 1.78. The van der Waals surface area contributed by atoms with Crippen LogP contribution in [-0.2, 0) is 19.2 Å². The van der Waals surface area contributed by atoms with E-state index in [1.807, 2.05) is 30.3 Å². The molecule has 9 nitrogen and oxygen atoms in total. The standard InChI is InChI=1S/C23H20N4O5/c28-20(10-11-26-21(29)8-9-22(26)30)25-16-6-7-17-19(12-16)27(14-24-17)18(13-23(31)32)15-4-2-1-3-5-15/h1-9,12,14,18H,10-11,13H2,(H,25,28)(H,31,32). The number of carboxylic acid groups (broad SMARTS) is 1. The van der Waals surface area contributed by atoms with E-state index in [0.29, 0.717) is 16.7 Å². The number of nitrogens with one attached hydrogen (secondary N) is 1. The van der Waals surface area contributed by atoms with Gasteiger partial charge in [0.1, 0.15) is 0 Å². The van der Waals surface area contributed by atoms with Gasteiger partial charge in [0.25, 0.3) is 11.8 Å². The number of hydrogen-bond donors (Lipinski definition) is 2. The molecule has 2 aromatic carbocycles. The first-order chi connectivity index (χ1) is 15.4. The molecule has 0 aliphatic carbocycles. The van der Waals surface area contributed by atoms with Crippen molar-refractivity contribution < 1.29 is 24.3 Å². The number of imide groups is 1. The summed E-state index contributed by atoms with van der Waals surface area (Å²) in [6.07, 6.45) is 3.78. The third kappa shape index (κ3) is 4.41. The molecule has 0 fully saturated rings. The highest BCUT2D eigenvalue weighted by atomic mass is 16.4. The van der Waals surface area contributed by atoms with Gasteiger partial charge >= 0.3 is 5.97 Å². The van der Waals surface area contributed by atoms with E-state index in [1.54, 1.807) is 29.1 Å². The SMILES string of the molecule is O=C(O)CC(c1ccccc1)n1cnc2ccc(NC(=O)CCN3C(=O)C=CC3=O)cc21. The van der Waals surface area contributed by atoms with Crippen molar-refractivity contribution in [2.45, 2.75) is 18.9 Å². The van der Waals surface area contributed by atoms with E-state index in [1.165, 1.54) is 12.2 Å². The van der Waals surface area contributed by atoms with Gasteiger partial charge in [-0.15, -0.1) is 0 Å². The second-order valence-electron chi connectivity index (χ2n) is 7.34. The quantitative estimate of drug-likeness (QED) is 0.527. The Balaban J connectivity index is 1.54. The molecule has 4 rings (SSSR count). The van der Waals surface area contributed by atoms with Crippen LogP contribution in [0.5, 0.6) is 0 Å². The molecule has 0 bridgehead atoms. The first-order valence-electron chi connectivity index (χ1n) is 9.99. The number of nitrogens with zero attached hydrogens (tertiary/aromatic N) is 3. The van der Waals surface area contributed by atoms with Gasteiger partial charge in [-0.25, -0.2) is 4.98 Å². The van der Waals surface area contributed by atoms with Gasteiger partial charge in [-0.05, 0) is 23.8 Å². The van der Waals surface area contributed by atoms with Gasteiger partial charge in [0.05, 0.1) is 29.8 Å². The fourth-order valence-electron chi connectivity index (χ4n) is 3.66. The van der Waals surface area contributed by atoms with E-state index in [2.05, 4.69) is 10.3 Å². The summed E-state index contributed by atoms with van der Waals surface area (Å²) in [5, 5.41) is 12.2. The van der Waals surface area contributed by atoms with E-state index < -0.39 is 23.8 Å². The van der Waals surface area contributed by atoms with Gasteiger partial charge in [-0.3, -0.25) is 24.1 Å². The number of carboxylic acids is 1. The molecule has 0 saturated heterocycles. The van der Waals surface area contributed by atoms with Crippen molar-refractivity contribution >= 4 is 40.4 Å². The molecule has 1 aliphatic rings. The van der Waals surface area contributed by atoms with Crippen LogP contribution in [0.15, 0.2) is 67.0 Å². The zero-order valence-electron chi connectivity index (χ0n) is 17.0. The van der Waals surface area contributed by atoms with Crippen LogP contribution in [0.4, 0.5) is 5.69 Å². The van der Waals surface area contributed by atoms with Crippen LogP contribution in [0.25, 0.3) is 11.0 Å². The Bertz CT molecular complexity index is 1210. The summed E-state index contributed by atoms with van der Waals surface area (Å²) in [5.74, 6) is -2.16. The Kier molecular flexibility index (Phi) is 5.80. The monoisotopic (exact) mass is 432 g/mol. The molecule has 2 heterocycles. The lowest BCUT2D eigenvalue weighted by Crippen LogP contribution is -2.33. The minimum absolute atomic E-state index is 0.00856. The fraction of sp³-hybridized carbons (Fsp3) is 0.174. The van der Waals surface area contributed by atoms with Gasteiger partial charge in [0, 0.05) is 30.8 Å². The Morgan fingerprint density at radius 3 is 2.44 bits per heavy atom. The number of fused-ring (bicyclic) bond motifs is 1. The van der Waals surface area contributed by atoms with Crippen LogP contribution in [0.2, 0.25) is 0 Å². The topological polar surface area (TPSA) is 122 Å². The molecule has 9 heteroatoms. The second-order valence-corrected chi connectivity index (χ2v) is 7.34. The van der Waals surface area contributed by atoms with Crippen LogP contribution in [0.3, 0.4) is 0 Å². The first-order valence-corrected chi connectivity index (χ1v) is 9.99. The fourth-order valence-corrected chi connectivity index (χ4v) is 3.66. The zero-order chi connectivity index (χ0) is 22.7. The molecule has 0 spiro atoms. The van der Waals surface area contributed by atoms with E-state index in [4.69, 9.17) is 0 Å². The van der Waals surface area contributed by atoms with E-state index in [9.17, 15) is 24.3 Å². The van der Waals surface area contributed by atoms with Crippen molar-refractivity contribution in [3.63, 3.8) is 0 Å². The molecule has 162 valence electrons. The average molecular weight is 432 g/mol. The number of carbonyl (C=O) groups excluding carboxylic acids is 3. The molecular weight excluding hydrogens is 412 g/mol. The Labute approximate surface area is 183 Å². The molecule has 1 unspecified atom stereocenters. The van der Waals surface area contributed by atoms with Crippen molar-refractivity contribution in [1.29, 1.82) is 0 Å². The number of aliphatic carboxylic acids is 1. The highest BCUT2D eigenvalue weighted by Gasteiger charge is 2.24. The maximum absolute atomic E-state index is 12.4. The maximum Gasteiger partial charge on any atom is 0.305 e. The summed E-state index contributed by atoms with van der Waals surface area (Å²) in [7, 11) is 0. The number of amides is 3. The molecule has 1 aromatic heterocycles. The van der Waals surface area contributed by atoms with Crippen LogP contribution < -0.4 is 5.32 Å². The smallest absolute Gasteiger partial charge is 0.305 e. The third-order valence-electron chi connectivity index (χ3n) is 5.21. The van der Waals surface area contributed by atoms with E-state index >= 15 is 0 Å². The van der Waals surface area contributed by atoms with Crippen molar-refractivity contribution in [2.75, 3.05) is 11.9 Å². The number of imidazole rings is 1. The molecule has 2 N–H and O–H groups in total. The predicted molar refractivity (Wildman–Crippen MR) is 116 cm³/mol.